The first kappa shape index (κ1) is 35.5. The van der Waals surface area contributed by atoms with Crippen LogP contribution in [0.5, 0.6) is 0 Å². The van der Waals surface area contributed by atoms with Gasteiger partial charge in [0.05, 0.1) is 26.4 Å². The van der Waals surface area contributed by atoms with Crippen LogP contribution in [0.2, 0.25) is 0 Å². The van der Waals surface area contributed by atoms with E-state index in [4.69, 9.17) is 23.8 Å². The lowest BCUT2D eigenvalue weighted by Crippen LogP contribution is -2.32. The van der Waals surface area contributed by atoms with Crippen molar-refractivity contribution in [2.24, 2.45) is 0 Å². The number of aryl methyl sites for hydroxylation is 1. The molecule has 47 heavy (non-hydrogen) atoms. The van der Waals surface area contributed by atoms with Gasteiger partial charge in [0.25, 0.3) is 17.7 Å². The molecule has 0 bridgehead atoms. The van der Waals surface area contributed by atoms with Crippen molar-refractivity contribution in [3.05, 3.63) is 58.7 Å². The first-order chi connectivity index (χ1) is 22.8. The van der Waals surface area contributed by atoms with Gasteiger partial charge >= 0.3 is 6.16 Å². The summed E-state index contributed by atoms with van der Waals surface area (Å²) in [6.45, 7) is 7.50. The minimum atomic E-state index is -1.18. The van der Waals surface area contributed by atoms with E-state index in [1.165, 1.54) is 0 Å². The maximum atomic E-state index is 13.3. The highest BCUT2D eigenvalue weighted by atomic mass is 16.8. The number of hydroxylamine groups is 2. The molecule has 2 aromatic carbocycles. The van der Waals surface area contributed by atoms with Crippen molar-refractivity contribution in [2.45, 2.75) is 51.9 Å². The zero-order valence-electron chi connectivity index (χ0n) is 27.0. The molecule has 0 saturated carbocycles. The molecule has 0 aromatic heterocycles. The number of carbonyl (C=O) groups excluding carboxylic acids is 5. The van der Waals surface area contributed by atoms with Crippen molar-refractivity contribution in [2.75, 3.05) is 59.3 Å². The third-order valence-electron chi connectivity index (χ3n) is 7.68. The molecule has 4 amide bonds. The molecule has 0 spiro atoms. The van der Waals surface area contributed by atoms with Gasteiger partial charge in [-0.1, -0.05) is 42.3 Å². The van der Waals surface area contributed by atoms with Gasteiger partial charge in [-0.3, -0.25) is 24.0 Å². The van der Waals surface area contributed by atoms with E-state index in [1.807, 2.05) is 38.1 Å². The van der Waals surface area contributed by atoms with E-state index in [-0.39, 0.29) is 37.7 Å². The Kier molecular flexibility index (Phi) is 13.7. The summed E-state index contributed by atoms with van der Waals surface area (Å²) in [4.78, 5) is 67.0. The van der Waals surface area contributed by atoms with Crippen molar-refractivity contribution in [1.29, 1.82) is 0 Å². The third kappa shape index (κ3) is 9.83. The fraction of sp³-hybridized carbons (Fsp3) is 0.500. The highest BCUT2D eigenvalue weighted by molar-refractivity contribution is 6.04. The minimum absolute atomic E-state index is 0.0336. The SMILES string of the molecule is CCCOCCNC(=O)c1cccc2c1-c1ccc(CCC(=O)NCCOCCOCC)cc1C2COC(=O)ON1C(=O)CCC1=O. The zero-order valence-corrected chi connectivity index (χ0v) is 27.0. The number of fused-ring (bicyclic) bond motifs is 3. The lowest BCUT2D eigenvalue weighted by atomic mass is 9.95. The van der Waals surface area contributed by atoms with Crippen LogP contribution in [-0.2, 0) is 44.6 Å². The minimum Gasteiger partial charge on any atom is -0.432 e. The van der Waals surface area contributed by atoms with Crippen molar-refractivity contribution in [3.8, 4) is 11.1 Å². The van der Waals surface area contributed by atoms with Crippen molar-refractivity contribution >= 4 is 29.8 Å². The van der Waals surface area contributed by atoms with Crippen molar-refractivity contribution in [3.63, 3.8) is 0 Å². The van der Waals surface area contributed by atoms with Gasteiger partial charge in [-0.2, -0.15) is 0 Å². The molecule has 2 N–H and O–H groups in total. The van der Waals surface area contributed by atoms with E-state index < -0.39 is 23.9 Å². The van der Waals surface area contributed by atoms with Crippen LogP contribution in [-0.4, -0.2) is 94.2 Å². The first-order valence-corrected chi connectivity index (χ1v) is 16.1. The van der Waals surface area contributed by atoms with Crippen molar-refractivity contribution < 1.29 is 47.8 Å². The normalized spacial score (nSPS) is 14.9. The number of imide groups is 1. The Bertz CT molecular complexity index is 1410. The third-order valence-corrected chi connectivity index (χ3v) is 7.68. The van der Waals surface area contributed by atoms with E-state index in [0.717, 1.165) is 34.2 Å². The van der Waals surface area contributed by atoms with E-state index in [1.54, 1.807) is 12.1 Å². The van der Waals surface area contributed by atoms with E-state index >= 15 is 0 Å². The van der Waals surface area contributed by atoms with Crippen LogP contribution in [0.1, 0.15) is 72.5 Å². The number of hydrogen-bond acceptors (Lipinski definition) is 10. The van der Waals surface area contributed by atoms with E-state index in [2.05, 4.69) is 10.6 Å². The fourth-order valence-electron chi connectivity index (χ4n) is 5.44. The van der Waals surface area contributed by atoms with Gasteiger partial charge in [0.2, 0.25) is 5.91 Å². The Morgan fingerprint density at radius 3 is 2.32 bits per heavy atom. The Morgan fingerprint density at radius 1 is 0.851 bits per heavy atom. The number of ether oxygens (including phenoxy) is 4. The summed E-state index contributed by atoms with van der Waals surface area (Å²) in [5.41, 5.74) is 4.46. The summed E-state index contributed by atoms with van der Waals surface area (Å²) in [5.74, 6) is -2.06. The van der Waals surface area contributed by atoms with Gasteiger partial charge < -0.3 is 29.6 Å². The molecule has 1 atom stereocenters. The van der Waals surface area contributed by atoms with Crippen molar-refractivity contribution in [1.82, 2.24) is 15.7 Å². The average Bonchev–Trinajstić information content (AvgIpc) is 3.56. The van der Waals surface area contributed by atoms with E-state index in [9.17, 15) is 24.0 Å². The summed E-state index contributed by atoms with van der Waals surface area (Å²) in [7, 11) is 0. The first-order valence-electron chi connectivity index (χ1n) is 16.1. The molecule has 1 aliphatic heterocycles. The lowest BCUT2D eigenvalue weighted by Gasteiger charge is -2.17. The van der Waals surface area contributed by atoms with E-state index in [0.29, 0.717) is 69.8 Å². The molecule has 13 heteroatoms. The molecule has 4 rings (SSSR count). The molecule has 1 unspecified atom stereocenters. The molecule has 254 valence electrons. The Labute approximate surface area is 274 Å². The number of nitrogens with one attached hydrogen (secondary N) is 2. The molecule has 13 nitrogen and oxygen atoms in total. The number of hydrogen-bond donors (Lipinski definition) is 2. The number of carbonyl (C=O) groups is 5. The summed E-state index contributed by atoms with van der Waals surface area (Å²) in [5, 5.41) is 6.20. The molecule has 1 heterocycles. The number of benzene rings is 2. The lowest BCUT2D eigenvalue weighted by molar-refractivity contribution is -0.177. The van der Waals surface area contributed by atoms with Crippen LogP contribution in [0.4, 0.5) is 4.79 Å². The van der Waals surface area contributed by atoms with Crippen LogP contribution in [0.15, 0.2) is 36.4 Å². The quantitative estimate of drug-likeness (QED) is 0.131. The molecule has 0 radical (unpaired) electrons. The van der Waals surface area contributed by atoms with Gasteiger partial charge in [0, 0.05) is 57.0 Å². The number of rotatable bonds is 19. The van der Waals surface area contributed by atoms with Gasteiger partial charge in [0.1, 0.15) is 6.61 Å². The number of amides is 4. The van der Waals surface area contributed by atoms with Crippen LogP contribution in [0, 0.1) is 0 Å². The maximum absolute atomic E-state index is 13.3. The predicted molar refractivity (Wildman–Crippen MR) is 169 cm³/mol. The maximum Gasteiger partial charge on any atom is 0.533 e. The molecule has 1 fully saturated rings. The van der Waals surface area contributed by atoms with Crippen LogP contribution in [0.25, 0.3) is 11.1 Å². The Morgan fingerprint density at radius 2 is 1.57 bits per heavy atom. The highest BCUT2D eigenvalue weighted by Crippen LogP contribution is 2.47. The summed E-state index contributed by atoms with van der Waals surface area (Å²) in [6, 6.07) is 11.2. The standard InChI is InChI=1S/C34H43N3O10/c1-3-16-44-18-15-36-33(41)26-7-5-6-24-28(22-46-34(42)47-37-30(39)12-13-31(37)40)27-21-23(8-10-25(27)32(24)26)9-11-29(38)35-14-17-45-20-19-43-4-2/h5-8,10,21,28H,3-4,9,11-20,22H2,1-2H3,(H,35,38)(H,36,41). The molecule has 2 aliphatic rings. The van der Waals surface area contributed by atoms with Gasteiger partial charge in [-0.25, -0.2) is 4.79 Å². The van der Waals surface area contributed by atoms with Crippen LogP contribution in [0.3, 0.4) is 0 Å². The Hall–Kier alpha value is -4.33. The highest BCUT2D eigenvalue weighted by Gasteiger charge is 2.36. The largest absolute Gasteiger partial charge is 0.533 e. The van der Waals surface area contributed by atoms with Crippen LogP contribution >= 0.6 is 0 Å². The smallest absolute Gasteiger partial charge is 0.432 e. The average molecular weight is 654 g/mol. The van der Waals surface area contributed by atoms with Gasteiger partial charge in [-0.05, 0) is 53.6 Å². The number of nitrogens with zero attached hydrogens (tertiary/aromatic N) is 1. The fourth-order valence-corrected chi connectivity index (χ4v) is 5.44. The second-order valence-electron chi connectivity index (χ2n) is 11.0. The monoisotopic (exact) mass is 653 g/mol. The zero-order chi connectivity index (χ0) is 33.6. The molecular formula is C34H43N3O10. The second-order valence-corrected chi connectivity index (χ2v) is 11.0. The second kappa shape index (κ2) is 18.1. The topological polar surface area (TPSA) is 159 Å². The van der Waals surface area contributed by atoms with Gasteiger partial charge in [0.15, 0.2) is 0 Å². The van der Waals surface area contributed by atoms with Crippen LogP contribution < -0.4 is 10.6 Å². The summed E-state index contributed by atoms with van der Waals surface area (Å²) < 4.78 is 21.6. The van der Waals surface area contributed by atoms with Gasteiger partial charge in [-0.15, -0.1) is 0 Å². The summed E-state index contributed by atoms with van der Waals surface area (Å²) in [6.07, 6.45) is 0.349. The molecule has 2 aromatic rings. The predicted octanol–water partition coefficient (Wildman–Crippen LogP) is 3.27. The molecule has 1 saturated heterocycles. The molecule has 1 aliphatic carbocycles. The molecular weight excluding hydrogens is 610 g/mol. The summed E-state index contributed by atoms with van der Waals surface area (Å²) >= 11 is 0. The Balaban J connectivity index is 1.46.